The summed E-state index contributed by atoms with van der Waals surface area (Å²) in [5.74, 6) is 0.661. The van der Waals surface area contributed by atoms with E-state index >= 15 is 0 Å². The van der Waals surface area contributed by atoms with Crippen LogP contribution in [0.1, 0.15) is 38.4 Å². The Morgan fingerprint density at radius 1 is 1.28 bits per heavy atom. The summed E-state index contributed by atoms with van der Waals surface area (Å²) in [5.41, 5.74) is 0.705. The minimum Gasteiger partial charge on any atom is -0.491 e. The number of hydrogen-bond acceptors (Lipinski definition) is 3. The predicted octanol–water partition coefficient (Wildman–Crippen LogP) is 3.59. The van der Waals surface area contributed by atoms with Gasteiger partial charge in [-0.2, -0.15) is 0 Å². The van der Waals surface area contributed by atoms with E-state index in [2.05, 4.69) is 6.92 Å². The molecule has 1 aromatic rings. The molecule has 0 aliphatic carbocycles. The number of benzene rings is 1. The van der Waals surface area contributed by atoms with Crippen LogP contribution < -0.4 is 4.74 Å². The van der Waals surface area contributed by atoms with Crippen LogP contribution in [0.15, 0.2) is 18.2 Å². The Hall–Kier alpha value is -0.770. The second kappa shape index (κ2) is 8.35. The van der Waals surface area contributed by atoms with Crippen LogP contribution in [0.5, 0.6) is 5.75 Å². The van der Waals surface area contributed by atoms with E-state index in [0.717, 1.165) is 19.4 Å². The van der Waals surface area contributed by atoms with Gasteiger partial charge < -0.3 is 14.6 Å². The molecule has 18 heavy (non-hydrogen) atoms. The van der Waals surface area contributed by atoms with Crippen LogP contribution >= 0.6 is 11.6 Å². The molecule has 0 aromatic heterocycles. The number of halogens is 1. The Bertz CT molecular complexity index is 353. The summed E-state index contributed by atoms with van der Waals surface area (Å²) in [6.07, 6.45) is 1.60. The molecule has 102 valence electrons. The highest BCUT2D eigenvalue weighted by molar-refractivity contribution is 6.30. The highest BCUT2D eigenvalue weighted by Gasteiger charge is 2.09. The van der Waals surface area contributed by atoms with E-state index in [-0.39, 0.29) is 0 Å². The fourth-order valence-corrected chi connectivity index (χ4v) is 1.72. The summed E-state index contributed by atoms with van der Waals surface area (Å²) in [7, 11) is 0. The molecule has 1 N–H and O–H groups in total. The van der Waals surface area contributed by atoms with Crippen LogP contribution in [0.3, 0.4) is 0 Å². The van der Waals surface area contributed by atoms with E-state index in [4.69, 9.17) is 21.1 Å². The van der Waals surface area contributed by atoms with Crippen molar-refractivity contribution in [3.05, 3.63) is 28.8 Å². The maximum absolute atomic E-state index is 9.63. The average molecular weight is 273 g/mol. The van der Waals surface area contributed by atoms with E-state index in [1.165, 1.54) is 0 Å². The lowest BCUT2D eigenvalue weighted by Gasteiger charge is -2.14. The molecule has 4 heteroatoms. The first-order chi connectivity index (χ1) is 8.65. The number of aliphatic hydroxyl groups is 1. The molecule has 0 unspecified atom stereocenters. The van der Waals surface area contributed by atoms with Crippen molar-refractivity contribution in [2.75, 3.05) is 19.8 Å². The van der Waals surface area contributed by atoms with Crippen LogP contribution in [-0.2, 0) is 4.74 Å². The second-order valence-electron chi connectivity index (χ2n) is 4.17. The monoisotopic (exact) mass is 272 g/mol. The van der Waals surface area contributed by atoms with Crippen LogP contribution in [0.2, 0.25) is 5.02 Å². The summed E-state index contributed by atoms with van der Waals surface area (Å²) in [6, 6.07) is 5.25. The van der Waals surface area contributed by atoms with Crippen molar-refractivity contribution in [3.8, 4) is 5.75 Å². The summed E-state index contributed by atoms with van der Waals surface area (Å²) < 4.78 is 11.0. The zero-order valence-electron chi connectivity index (χ0n) is 11.0. The molecule has 0 bridgehead atoms. The van der Waals surface area contributed by atoms with Gasteiger partial charge in [-0.25, -0.2) is 0 Å². The Morgan fingerprint density at radius 3 is 2.72 bits per heavy atom. The molecule has 0 aliphatic heterocycles. The third-order valence-corrected chi connectivity index (χ3v) is 2.78. The van der Waals surface area contributed by atoms with Crippen LogP contribution in [0.25, 0.3) is 0 Å². The van der Waals surface area contributed by atoms with E-state index < -0.39 is 6.10 Å². The molecule has 0 fully saturated rings. The SMILES string of the molecule is CCCCOCCOc1ccc(Cl)cc1[C@@H](C)O. The molecule has 0 saturated carbocycles. The lowest BCUT2D eigenvalue weighted by atomic mass is 10.1. The van der Waals surface area contributed by atoms with Crippen molar-refractivity contribution in [2.45, 2.75) is 32.8 Å². The van der Waals surface area contributed by atoms with Crippen molar-refractivity contribution < 1.29 is 14.6 Å². The molecule has 0 spiro atoms. The number of unbranched alkanes of at least 4 members (excludes halogenated alkanes) is 1. The van der Waals surface area contributed by atoms with Crippen molar-refractivity contribution in [1.29, 1.82) is 0 Å². The Morgan fingerprint density at radius 2 is 2.06 bits per heavy atom. The second-order valence-corrected chi connectivity index (χ2v) is 4.61. The van der Waals surface area contributed by atoms with Gasteiger partial charge in [-0.1, -0.05) is 24.9 Å². The molecular formula is C14H21ClO3. The standard InChI is InChI=1S/C14H21ClO3/c1-3-4-7-17-8-9-18-14-6-5-12(15)10-13(14)11(2)16/h5-6,10-11,16H,3-4,7-9H2,1-2H3/t11-/m1/s1. The summed E-state index contributed by atoms with van der Waals surface area (Å²) in [4.78, 5) is 0. The zero-order chi connectivity index (χ0) is 13.4. The Balaban J connectivity index is 2.42. The van der Waals surface area contributed by atoms with Crippen molar-refractivity contribution >= 4 is 11.6 Å². The van der Waals surface area contributed by atoms with Gasteiger partial charge in [0.1, 0.15) is 12.4 Å². The van der Waals surface area contributed by atoms with Gasteiger partial charge in [0.15, 0.2) is 0 Å². The van der Waals surface area contributed by atoms with Crippen LogP contribution in [0, 0.1) is 0 Å². The van der Waals surface area contributed by atoms with Crippen molar-refractivity contribution in [1.82, 2.24) is 0 Å². The normalized spacial score (nSPS) is 12.4. The largest absolute Gasteiger partial charge is 0.491 e. The van der Waals surface area contributed by atoms with Gasteiger partial charge >= 0.3 is 0 Å². The first-order valence-corrected chi connectivity index (χ1v) is 6.71. The summed E-state index contributed by atoms with van der Waals surface area (Å²) >= 11 is 5.89. The summed E-state index contributed by atoms with van der Waals surface area (Å²) in [5, 5.41) is 10.2. The van der Waals surface area contributed by atoms with Gasteiger partial charge in [-0.05, 0) is 31.5 Å². The van der Waals surface area contributed by atoms with Gasteiger partial charge in [0.05, 0.1) is 12.7 Å². The van der Waals surface area contributed by atoms with E-state index in [9.17, 15) is 5.11 Å². The number of ether oxygens (including phenoxy) is 2. The number of rotatable bonds is 8. The summed E-state index contributed by atoms with van der Waals surface area (Å²) in [6.45, 7) is 5.62. The molecule has 1 atom stereocenters. The molecule has 0 saturated heterocycles. The smallest absolute Gasteiger partial charge is 0.125 e. The molecule has 0 heterocycles. The molecular weight excluding hydrogens is 252 g/mol. The van der Waals surface area contributed by atoms with Gasteiger partial charge in [-0.3, -0.25) is 0 Å². The minimum absolute atomic E-state index is 0.477. The Kier molecular flexibility index (Phi) is 7.09. The van der Waals surface area contributed by atoms with E-state index in [1.807, 2.05) is 0 Å². The Labute approximate surface area is 114 Å². The minimum atomic E-state index is -0.597. The van der Waals surface area contributed by atoms with Gasteiger partial charge in [0.2, 0.25) is 0 Å². The quantitative estimate of drug-likeness (QED) is 0.735. The third-order valence-electron chi connectivity index (χ3n) is 2.55. The highest BCUT2D eigenvalue weighted by Crippen LogP contribution is 2.28. The molecule has 0 amide bonds. The maximum atomic E-state index is 9.63. The van der Waals surface area contributed by atoms with Crippen molar-refractivity contribution in [3.63, 3.8) is 0 Å². The van der Waals surface area contributed by atoms with Gasteiger partial charge in [0.25, 0.3) is 0 Å². The third kappa shape index (κ3) is 5.25. The first kappa shape index (κ1) is 15.3. The highest BCUT2D eigenvalue weighted by atomic mass is 35.5. The predicted molar refractivity (Wildman–Crippen MR) is 73.3 cm³/mol. The first-order valence-electron chi connectivity index (χ1n) is 6.33. The van der Waals surface area contributed by atoms with Crippen LogP contribution in [0.4, 0.5) is 0 Å². The molecule has 0 radical (unpaired) electrons. The van der Waals surface area contributed by atoms with Gasteiger partial charge in [-0.15, -0.1) is 0 Å². The lowest BCUT2D eigenvalue weighted by molar-refractivity contribution is 0.0962. The molecule has 1 aromatic carbocycles. The molecule has 1 rings (SSSR count). The fourth-order valence-electron chi connectivity index (χ4n) is 1.54. The fraction of sp³-hybridized carbons (Fsp3) is 0.571. The zero-order valence-corrected chi connectivity index (χ0v) is 11.7. The van der Waals surface area contributed by atoms with Crippen LogP contribution in [-0.4, -0.2) is 24.9 Å². The average Bonchev–Trinajstić information content (AvgIpc) is 2.35. The number of aliphatic hydroxyl groups excluding tert-OH is 1. The maximum Gasteiger partial charge on any atom is 0.125 e. The number of hydrogen-bond donors (Lipinski definition) is 1. The lowest BCUT2D eigenvalue weighted by Crippen LogP contribution is -2.09. The van der Waals surface area contributed by atoms with E-state index in [0.29, 0.717) is 29.5 Å². The van der Waals surface area contributed by atoms with Gasteiger partial charge in [0, 0.05) is 17.2 Å². The van der Waals surface area contributed by atoms with E-state index in [1.54, 1.807) is 25.1 Å². The topological polar surface area (TPSA) is 38.7 Å². The molecule has 3 nitrogen and oxygen atoms in total. The van der Waals surface area contributed by atoms with Crippen molar-refractivity contribution in [2.24, 2.45) is 0 Å². The molecule has 0 aliphatic rings.